The molecule has 0 aliphatic rings. The topological polar surface area (TPSA) is 78.4 Å². The first kappa shape index (κ1) is 17.0. The van der Waals surface area contributed by atoms with Gasteiger partial charge in [0.25, 0.3) is 0 Å². The van der Waals surface area contributed by atoms with Crippen molar-refractivity contribution in [3.05, 3.63) is 29.8 Å². The quantitative estimate of drug-likeness (QED) is 0.738. The molecule has 116 valence electrons. The zero-order chi connectivity index (χ0) is 16.0. The molecule has 1 rings (SSSR count). The number of aliphatic hydroxyl groups is 1. The van der Waals surface area contributed by atoms with Crippen molar-refractivity contribution in [3.63, 3.8) is 0 Å². The summed E-state index contributed by atoms with van der Waals surface area (Å²) < 4.78 is 38.2. The fourth-order valence-corrected chi connectivity index (χ4v) is 1.55. The lowest BCUT2D eigenvalue weighted by Crippen LogP contribution is -2.43. The molecule has 3 N–H and O–H groups in total. The maximum atomic E-state index is 12.7. The van der Waals surface area contributed by atoms with Crippen molar-refractivity contribution in [3.8, 4) is 0 Å². The number of para-hydroxylation sites is 1. The minimum atomic E-state index is -4.64. The van der Waals surface area contributed by atoms with Crippen LogP contribution in [0.15, 0.2) is 24.3 Å². The average Bonchev–Trinajstić information content (AvgIpc) is 2.43. The summed E-state index contributed by atoms with van der Waals surface area (Å²) in [5.74, 6) is -2.33. The molecule has 0 aromatic heterocycles. The van der Waals surface area contributed by atoms with Crippen LogP contribution in [0.4, 0.5) is 18.9 Å². The van der Waals surface area contributed by atoms with Crippen molar-refractivity contribution in [2.75, 3.05) is 11.9 Å². The summed E-state index contributed by atoms with van der Waals surface area (Å²) >= 11 is 0. The van der Waals surface area contributed by atoms with Crippen molar-refractivity contribution in [1.29, 1.82) is 0 Å². The van der Waals surface area contributed by atoms with Crippen LogP contribution in [0.5, 0.6) is 0 Å². The summed E-state index contributed by atoms with van der Waals surface area (Å²) in [4.78, 5) is 23.1. The molecule has 1 aromatic carbocycles. The fourth-order valence-electron chi connectivity index (χ4n) is 1.55. The second kappa shape index (κ2) is 7.07. The van der Waals surface area contributed by atoms with Gasteiger partial charge < -0.3 is 15.7 Å². The van der Waals surface area contributed by atoms with Crippen LogP contribution >= 0.6 is 0 Å². The molecule has 1 aromatic rings. The normalized spacial score (nSPS) is 12.6. The van der Waals surface area contributed by atoms with Gasteiger partial charge in [0, 0.05) is 0 Å². The number of hydrogen-bond acceptors (Lipinski definition) is 3. The summed E-state index contributed by atoms with van der Waals surface area (Å²) in [7, 11) is 0. The van der Waals surface area contributed by atoms with E-state index in [2.05, 4.69) is 5.32 Å². The van der Waals surface area contributed by atoms with E-state index in [1.54, 1.807) is 6.92 Å². The van der Waals surface area contributed by atoms with Crippen LogP contribution in [0.2, 0.25) is 0 Å². The highest BCUT2D eigenvalue weighted by Crippen LogP contribution is 2.34. The third-order valence-corrected chi connectivity index (χ3v) is 2.74. The second-order valence-electron chi connectivity index (χ2n) is 4.26. The predicted octanol–water partition coefficient (Wildman–Crippen LogP) is 1.53. The molecule has 5 nitrogen and oxygen atoms in total. The van der Waals surface area contributed by atoms with E-state index in [0.29, 0.717) is 6.42 Å². The van der Waals surface area contributed by atoms with Gasteiger partial charge in [-0.1, -0.05) is 19.1 Å². The van der Waals surface area contributed by atoms with Gasteiger partial charge in [0.2, 0.25) is 0 Å². The Morgan fingerprint density at radius 1 is 1.24 bits per heavy atom. The summed E-state index contributed by atoms with van der Waals surface area (Å²) in [6.45, 7) is 1.31. The third kappa shape index (κ3) is 4.75. The summed E-state index contributed by atoms with van der Waals surface area (Å²) in [6, 6.07) is 3.72. The number of halogens is 3. The number of rotatable bonds is 4. The van der Waals surface area contributed by atoms with Gasteiger partial charge in [-0.3, -0.25) is 9.59 Å². The number of anilines is 1. The van der Waals surface area contributed by atoms with Gasteiger partial charge in [-0.25, -0.2) is 0 Å². The molecular weight excluding hydrogens is 289 g/mol. The van der Waals surface area contributed by atoms with Gasteiger partial charge >= 0.3 is 18.0 Å². The third-order valence-electron chi connectivity index (χ3n) is 2.74. The van der Waals surface area contributed by atoms with Crippen LogP contribution in [-0.2, 0) is 15.8 Å². The highest BCUT2D eigenvalue weighted by atomic mass is 19.4. The van der Waals surface area contributed by atoms with Crippen molar-refractivity contribution < 1.29 is 27.9 Å². The zero-order valence-electron chi connectivity index (χ0n) is 11.2. The van der Waals surface area contributed by atoms with Gasteiger partial charge in [0.05, 0.1) is 23.9 Å². The Morgan fingerprint density at radius 3 is 2.38 bits per heavy atom. The molecule has 21 heavy (non-hydrogen) atoms. The molecule has 0 aliphatic carbocycles. The van der Waals surface area contributed by atoms with E-state index in [1.807, 2.05) is 5.32 Å². The lowest BCUT2D eigenvalue weighted by atomic mass is 10.1. The summed E-state index contributed by atoms with van der Waals surface area (Å²) in [5, 5.41) is 13.0. The van der Waals surface area contributed by atoms with Crippen molar-refractivity contribution >= 4 is 17.5 Å². The van der Waals surface area contributed by atoms with E-state index >= 15 is 0 Å². The zero-order valence-corrected chi connectivity index (χ0v) is 11.2. The molecule has 0 bridgehead atoms. The molecule has 0 unspecified atom stereocenters. The Morgan fingerprint density at radius 2 is 1.86 bits per heavy atom. The van der Waals surface area contributed by atoms with Crippen LogP contribution in [-0.4, -0.2) is 29.6 Å². The largest absolute Gasteiger partial charge is 0.418 e. The van der Waals surface area contributed by atoms with Crippen LogP contribution in [0.25, 0.3) is 0 Å². The van der Waals surface area contributed by atoms with E-state index < -0.39 is 35.3 Å². The SMILES string of the molecule is CC[C@@H](CO)NC(=O)C(=O)Nc1ccccc1C(F)(F)F. The number of amides is 2. The molecule has 2 amide bonds. The first-order valence-corrected chi connectivity index (χ1v) is 6.18. The lowest BCUT2D eigenvalue weighted by Gasteiger charge is -2.15. The highest BCUT2D eigenvalue weighted by molar-refractivity contribution is 6.39. The Kier molecular flexibility index (Phi) is 5.71. The monoisotopic (exact) mass is 304 g/mol. The number of nitrogens with one attached hydrogen (secondary N) is 2. The number of aliphatic hydroxyl groups excluding tert-OH is 1. The van der Waals surface area contributed by atoms with Gasteiger partial charge in [-0.2, -0.15) is 13.2 Å². The van der Waals surface area contributed by atoms with Gasteiger partial charge in [-0.05, 0) is 18.6 Å². The van der Waals surface area contributed by atoms with Crippen molar-refractivity contribution in [2.45, 2.75) is 25.6 Å². The Bertz CT molecular complexity index is 514. The molecular formula is C13H15F3N2O3. The first-order valence-electron chi connectivity index (χ1n) is 6.18. The Hall–Kier alpha value is -2.09. The molecule has 0 heterocycles. The standard InChI is InChI=1S/C13H15F3N2O3/c1-2-8(7-19)17-11(20)12(21)18-10-6-4-3-5-9(10)13(14,15)16/h3-6,8,19H,2,7H2,1H3,(H,17,20)(H,18,21)/t8-/m0/s1. The van der Waals surface area contributed by atoms with E-state index in [1.165, 1.54) is 12.1 Å². The van der Waals surface area contributed by atoms with E-state index in [0.717, 1.165) is 12.1 Å². The molecule has 1 atom stereocenters. The van der Waals surface area contributed by atoms with Gasteiger partial charge in [0.1, 0.15) is 0 Å². The molecule has 0 saturated carbocycles. The average molecular weight is 304 g/mol. The van der Waals surface area contributed by atoms with Crippen LogP contribution in [0.3, 0.4) is 0 Å². The molecule has 0 saturated heterocycles. The molecule has 0 spiro atoms. The lowest BCUT2D eigenvalue weighted by molar-refractivity contribution is -0.138. The molecule has 0 radical (unpaired) electrons. The maximum absolute atomic E-state index is 12.7. The number of carbonyl (C=O) groups excluding carboxylic acids is 2. The van der Waals surface area contributed by atoms with Crippen LogP contribution in [0.1, 0.15) is 18.9 Å². The number of benzene rings is 1. The summed E-state index contributed by atoms with van der Waals surface area (Å²) in [5.41, 5.74) is -1.54. The molecule has 0 aliphatic heterocycles. The Balaban J connectivity index is 2.82. The van der Waals surface area contributed by atoms with Crippen LogP contribution < -0.4 is 10.6 Å². The number of alkyl halides is 3. The minimum absolute atomic E-state index is 0.366. The highest BCUT2D eigenvalue weighted by Gasteiger charge is 2.34. The minimum Gasteiger partial charge on any atom is -0.394 e. The molecule has 8 heteroatoms. The van der Waals surface area contributed by atoms with Gasteiger partial charge in [-0.15, -0.1) is 0 Å². The van der Waals surface area contributed by atoms with Gasteiger partial charge in [0.15, 0.2) is 0 Å². The predicted molar refractivity (Wildman–Crippen MR) is 69.4 cm³/mol. The summed E-state index contributed by atoms with van der Waals surface area (Å²) in [6.07, 6.45) is -4.26. The van der Waals surface area contributed by atoms with E-state index in [-0.39, 0.29) is 6.61 Å². The van der Waals surface area contributed by atoms with E-state index in [4.69, 9.17) is 5.11 Å². The fraction of sp³-hybridized carbons (Fsp3) is 0.385. The smallest absolute Gasteiger partial charge is 0.394 e. The maximum Gasteiger partial charge on any atom is 0.418 e. The first-order chi connectivity index (χ1) is 9.79. The van der Waals surface area contributed by atoms with Crippen molar-refractivity contribution in [1.82, 2.24) is 5.32 Å². The number of hydrogen-bond donors (Lipinski definition) is 3. The van der Waals surface area contributed by atoms with Crippen LogP contribution in [0, 0.1) is 0 Å². The Labute approximate surface area is 119 Å². The van der Waals surface area contributed by atoms with Crippen molar-refractivity contribution in [2.24, 2.45) is 0 Å². The van der Waals surface area contributed by atoms with E-state index in [9.17, 15) is 22.8 Å². The number of carbonyl (C=O) groups is 2. The molecule has 0 fully saturated rings. The second-order valence-corrected chi connectivity index (χ2v) is 4.26.